The first-order chi connectivity index (χ1) is 12.1. The first kappa shape index (κ1) is 16.6. The second kappa shape index (κ2) is 5.69. The van der Waals surface area contributed by atoms with Crippen LogP contribution in [-0.4, -0.2) is 48.3 Å². The van der Waals surface area contributed by atoms with Crippen LogP contribution >= 0.6 is 0 Å². The van der Waals surface area contributed by atoms with Crippen molar-refractivity contribution in [1.82, 2.24) is 4.90 Å². The fourth-order valence-corrected chi connectivity index (χ4v) is 7.04. The monoisotopic (exact) mass is 347 g/mol. The van der Waals surface area contributed by atoms with Crippen molar-refractivity contribution < 1.29 is 14.3 Å². The molecule has 0 unspecified atom stereocenters. The lowest BCUT2D eigenvalue weighted by atomic mass is 9.53. The Balaban J connectivity index is 1.38. The van der Waals surface area contributed by atoms with Gasteiger partial charge in [0.1, 0.15) is 11.7 Å². The van der Waals surface area contributed by atoms with Crippen LogP contribution in [0.15, 0.2) is 0 Å². The number of carbonyl (C=O) groups is 1. The Hall–Kier alpha value is -0.610. The van der Waals surface area contributed by atoms with Crippen LogP contribution in [0, 0.1) is 23.2 Å². The maximum atomic E-state index is 12.7. The van der Waals surface area contributed by atoms with Crippen LogP contribution < -0.4 is 0 Å². The van der Waals surface area contributed by atoms with E-state index in [1.54, 1.807) is 0 Å². The molecule has 4 nitrogen and oxygen atoms in total. The van der Waals surface area contributed by atoms with Gasteiger partial charge in [0.25, 0.3) is 0 Å². The molecular formula is C21H33NO3. The Morgan fingerprint density at radius 1 is 1.16 bits per heavy atom. The Labute approximate surface area is 151 Å². The summed E-state index contributed by atoms with van der Waals surface area (Å²) in [5, 5.41) is 0. The van der Waals surface area contributed by atoms with E-state index in [-0.39, 0.29) is 35.1 Å². The van der Waals surface area contributed by atoms with Gasteiger partial charge in [-0.15, -0.1) is 0 Å². The molecule has 2 saturated carbocycles. The van der Waals surface area contributed by atoms with Crippen molar-refractivity contribution in [2.24, 2.45) is 23.2 Å². The van der Waals surface area contributed by atoms with E-state index in [0.29, 0.717) is 11.8 Å². The van der Waals surface area contributed by atoms with Gasteiger partial charge in [0.05, 0.1) is 12.0 Å². The lowest BCUT2D eigenvalue weighted by Gasteiger charge is -2.49. The average Bonchev–Trinajstić information content (AvgIpc) is 3.30. The van der Waals surface area contributed by atoms with E-state index in [1.165, 1.54) is 44.9 Å². The molecule has 140 valence electrons. The summed E-state index contributed by atoms with van der Waals surface area (Å²) in [5.41, 5.74) is 0.242. The molecule has 0 amide bonds. The molecule has 0 aromatic rings. The molecule has 5 fully saturated rings. The van der Waals surface area contributed by atoms with Crippen LogP contribution in [0.1, 0.15) is 65.2 Å². The number of nitrogens with zero attached hydrogens (tertiary/aromatic N) is 1. The van der Waals surface area contributed by atoms with Gasteiger partial charge in [-0.25, -0.2) is 0 Å². The summed E-state index contributed by atoms with van der Waals surface area (Å²) in [6.45, 7) is 7.95. The van der Waals surface area contributed by atoms with Crippen LogP contribution in [0.25, 0.3) is 0 Å². The van der Waals surface area contributed by atoms with Crippen LogP contribution in [0.3, 0.4) is 0 Å². The number of fused-ring (bicyclic) bond motifs is 2. The SMILES string of the molecule is C[C@H]1CCC[C@]2(C)C[C@H]3OC(=O)[C@@H](CN4CCCCCC4)[C@H]3[C@@H]3O[C@@]132. The number of epoxide rings is 1. The van der Waals surface area contributed by atoms with Crippen molar-refractivity contribution >= 4 is 5.97 Å². The largest absolute Gasteiger partial charge is 0.462 e. The second-order valence-electron chi connectivity index (χ2n) is 9.76. The number of ether oxygens (including phenoxy) is 2. The maximum absolute atomic E-state index is 12.7. The molecule has 2 aliphatic carbocycles. The molecule has 5 aliphatic rings. The summed E-state index contributed by atoms with van der Waals surface area (Å²) < 4.78 is 12.5. The van der Waals surface area contributed by atoms with Gasteiger partial charge in [0, 0.05) is 17.9 Å². The van der Waals surface area contributed by atoms with Gasteiger partial charge >= 0.3 is 5.97 Å². The van der Waals surface area contributed by atoms with E-state index < -0.39 is 0 Å². The van der Waals surface area contributed by atoms with E-state index in [0.717, 1.165) is 26.1 Å². The lowest BCUT2D eigenvalue weighted by Crippen LogP contribution is -2.54. The Morgan fingerprint density at radius 2 is 1.92 bits per heavy atom. The van der Waals surface area contributed by atoms with E-state index in [1.807, 2.05) is 0 Å². The van der Waals surface area contributed by atoms with Gasteiger partial charge in [-0.1, -0.05) is 33.1 Å². The average molecular weight is 347 g/mol. The summed E-state index contributed by atoms with van der Waals surface area (Å²) in [6.07, 6.45) is 10.4. The minimum atomic E-state index is 0.0335. The zero-order chi connectivity index (χ0) is 17.2. The highest BCUT2D eigenvalue weighted by atomic mass is 16.6. The van der Waals surface area contributed by atoms with Crippen molar-refractivity contribution in [1.29, 1.82) is 0 Å². The number of likely N-dealkylation sites (tertiary alicyclic amines) is 1. The van der Waals surface area contributed by atoms with Crippen LogP contribution in [0.5, 0.6) is 0 Å². The van der Waals surface area contributed by atoms with Crippen molar-refractivity contribution in [3.05, 3.63) is 0 Å². The van der Waals surface area contributed by atoms with Crippen molar-refractivity contribution in [2.45, 2.75) is 83.0 Å². The van der Waals surface area contributed by atoms with E-state index in [4.69, 9.17) is 9.47 Å². The first-order valence-electron chi connectivity index (χ1n) is 10.7. The highest BCUT2D eigenvalue weighted by molar-refractivity contribution is 5.76. The molecule has 3 aliphatic heterocycles. The van der Waals surface area contributed by atoms with Gasteiger partial charge in [0.15, 0.2) is 0 Å². The topological polar surface area (TPSA) is 42.1 Å². The molecule has 3 heterocycles. The lowest BCUT2D eigenvalue weighted by molar-refractivity contribution is -0.146. The minimum absolute atomic E-state index is 0.0335. The molecule has 1 spiro atoms. The van der Waals surface area contributed by atoms with Gasteiger partial charge in [-0.2, -0.15) is 0 Å². The molecule has 0 radical (unpaired) electrons. The molecular weight excluding hydrogens is 314 g/mol. The highest BCUT2D eigenvalue weighted by Crippen LogP contribution is 2.70. The van der Waals surface area contributed by atoms with E-state index >= 15 is 0 Å². The van der Waals surface area contributed by atoms with Crippen LogP contribution in [-0.2, 0) is 14.3 Å². The zero-order valence-electron chi connectivity index (χ0n) is 15.8. The molecule has 0 aromatic carbocycles. The van der Waals surface area contributed by atoms with Gasteiger partial charge in [-0.05, 0) is 51.1 Å². The summed E-state index contributed by atoms with van der Waals surface area (Å²) in [6, 6.07) is 0. The number of rotatable bonds is 2. The van der Waals surface area contributed by atoms with E-state index in [2.05, 4.69) is 18.7 Å². The number of esters is 1. The standard InChI is InChI=1S/C21H33NO3/c1-14-8-7-9-20(2)12-16-17(18-21(14,20)25-18)15(19(23)24-16)13-22-10-5-3-4-6-11-22/h14-18H,3-13H2,1-2H3/t14-,15-,16+,17+,18-,20+,21-/m0/s1. The first-order valence-corrected chi connectivity index (χ1v) is 10.7. The second-order valence-corrected chi connectivity index (χ2v) is 9.76. The number of hydrogen-bond donors (Lipinski definition) is 0. The third kappa shape index (κ3) is 2.29. The zero-order valence-corrected chi connectivity index (χ0v) is 15.8. The van der Waals surface area contributed by atoms with Gasteiger partial charge in [0.2, 0.25) is 0 Å². The third-order valence-corrected chi connectivity index (χ3v) is 8.35. The van der Waals surface area contributed by atoms with Gasteiger partial charge < -0.3 is 14.4 Å². The summed E-state index contributed by atoms with van der Waals surface area (Å²) in [7, 11) is 0. The minimum Gasteiger partial charge on any atom is -0.462 e. The fourth-order valence-electron chi connectivity index (χ4n) is 7.04. The van der Waals surface area contributed by atoms with Gasteiger partial charge in [-0.3, -0.25) is 4.79 Å². The third-order valence-electron chi connectivity index (χ3n) is 8.35. The molecule has 25 heavy (non-hydrogen) atoms. The molecule has 7 atom stereocenters. The molecule has 0 aromatic heterocycles. The molecule has 0 N–H and O–H groups in total. The Morgan fingerprint density at radius 3 is 2.68 bits per heavy atom. The summed E-state index contributed by atoms with van der Waals surface area (Å²) in [5.74, 6) is 1.00. The number of carbonyl (C=O) groups excluding carboxylic acids is 1. The molecule has 4 heteroatoms. The normalized spacial score (nSPS) is 52.6. The highest BCUT2D eigenvalue weighted by Gasteiger charge is 2.78. The molecule has 5 rings (SSSR count). The van der Waals surface area contributed by atoms with E-state index in [9.17, 15) is 4.79 Å². The van der Waals surface area contributed by atoms with Crippen molar-refractivity contribution in [3.8, 4) is 0 Å². The summed E-state index contributed by atoms with van der Waals surface area (Å²) >= 11 is 0. The predicted molar refractivity (Wildman–Crippen MR) is 95.1 cm³/mol. The molecule has 0 bridgehead atoms. The quantitative estimate of drug-likeness (QED) is 0.567. The van der Waals surface area contributed by atoms with Crippen LogP contribution in [0.2, 0.25) is 0 Å². The van der Waals surface area contributed by atoms with Crippen molar-refractivity contribution in [2.75, 3.05) is 19.6 Å². The van der Waals surface area contributed by atoms with Crippen LogP contribution in [0.4, 0.5) is 0 Å². The van der Waals surface area contributed by atoms with Crippen molar-refractivity contribution in [3.63, 3.8) is 0 Å². The predicted octanol–water partition coefficient (Wildman–Crippen LogP) is 3.39. The smallest absolute Gasteiger partial charge is 0.311 e. The maximum Gasteiger partial charge on any atom is 0.311 e. The number of hydrogen-bond acceptors (Lipinski definition) is 4. The fraction of sp³-hybridized carbons (Fsp3) is 0.952. The Bertz CT molecular complexity index is 557. The summed E-state index contributed by atoms with van der Waals surface area (Å²) in [4.78, 5) is 15.3. The molecule has 3 saturated heterocycles. The Kier molecular flexibility index (Phi) is 3.77.